The number of fused-ring (bicyclic) bond motifs is 1. The Kier molecular flexibility index (Phi) is 3.73. The van der Waals surface area contributed by atoms with Crippen LogP contribution >= 0.6 is 11.6 Å². The Morgan fingerprint density at radius 2 is 2.17 bits per heavy atom. The van der Waals surface area contributed by atoms with E-state index in [9.17, 15) is 20.0 Å². The molecule has 0 saturated carbocycles. The maximum absolute atomic E-state index is 11.5. The molecule has 3 rings (SSSR count). The number of rotatable bonds is 3. The molecule has 1 N–H and O–H groups in total. The smallest absolute Gasteiger partial charge is 0.335 e. The van der Waals surface area contributed by atoms with E-state index in [1.165, 1.54) is 24.5 Å². The van der Waals surface area contributed by atoms with Crippen molar-refractivity contribution >= 4 is 23.3 Å². The minimum absolute atomic E-state index is 0.0374. The molecule has 1 aliphatic rings. The lowest BCUT2D eigenvalue weighted by atomic mass is 9.90. The molecule has 2 atom stereocenters. The largest absolute Gasteiger partial charge is 0.478 e. The number of non-ortho nitro benzene ring substituents is 1. The number of nitrogens with zero attached hydrogens (tertiary/aromatic N) is 3. The van der Waals surface area contributed by atoms with Crippen molar-refractivity contribution in [2.45, 2.75) is 25.2 Å². The van der Waals surface area contributed by atoms with E-state index < -0.39 is 10.9 Å². The first kappa shape index (κ1) is 15.4. The molecule has 2 aromatic rings. The van der Waals surface area contributed by atoms with E-state index in [0.717, 1.165) is 5.56 Å². The summed E-state index contributed by atoms with van der Waals surface area (Å²) in [4.78, 5) is 30.2. The number of aromatic carboxylic acids is 1. The Morgan fingerprint density at radius 3 is 2.83 bits per heavy atom. The minimum atomic E-state index is -1.13. The standard InChI is InChI=1S/C15H12ClN3O4/c1-7-4-11(13-12(7)14(16)18-6-17-13)10-5-8(19(22)23)2-3-9(10)15(20)21/h2-3,5-7,11H,4H2,1H3,(H,20,21)/t7-,11-/m1/s1. The number of carboxylic acid groups (broad SMARTS) is 1. The van der Waals surface area contributed by atoms with Crippen molar-refractivity contribution in [3.8, 4) is 0 Å². The first-order valence-electron chi connectivity index (χ1n) is 6.92. The normalized spacial score (nSPS) is 19.4. The molecule has 1 aromatic heterocycles. The summed E-state index contributed by atoms with van der Waals surface area (Å²) in [5, 5.41) is 20.8. The maximum Gasteiger partial charge on any atom is 0.335 e. The van der Waals surface area contributed by atoms with Gasteiger partial charge in [0.2, 0.25) is 0 Å². The van der Waals surface area contributed by atoms with E-state index >= 15 is 0 Å². The van der Waals surface area contributed by atoms with Crippen molar-refractivity contribution in [3.63, 3.8) is 0 Å². The average Bonchev–Trinajstić information content (AvgIpc) is 2.84. The third-order valence-corrected chi connectivity index (χ3v) is 4.43. The van der Waals surface area contributed by atoms with Crippen LogP contribution in [0, 0.1) is 10.1 Å². The van der Waals surface area contributed by atoms with Gasteiger partial charge in [-0.05, 0) is 24.0 Å². The van der Waals surface area contributed by atoms with E-state index in [4.69, 9.17) is 11.6 Å². The topological polar surface area (TPSA) is 106 Å². The van der Waals surface area contributed by atoms with Gasteiger partial charge in [-0.25, -0.2) is 14.8 Å². The maximum atomic E-state index is 11.5. The zero-order valence-corrected chi connectivity index (χ0v) is 12.8. The second-order valence-corrected chi connectivity index (χ2v) is 5.84. The van der Waals surface area contributed by atoms with Crippen LogP contribution in [0.1, 0.15) is 52.4 Å². The van der Waals surface area contributed by atoms with E-state index in [-0.39, 0.29) is 23.1 Å². The third kappa shape index (κ3) is 2.53. The van der Waals surface area contributed by atoms with Crippen LogP contribution in [-0.4, -0.2) is 26.0 Å². The molecule has 118 valence electrons. The lowest BCUT2D eigenvalue weighted by Gasteiger charge is -2.14. The number of carboxylic acids is 1. The summed E-state index contributed by atoms with van der Waals surface area (Å²) in [6.45, 7) is 1.95. The highest BCUT2D eigenvalue weighted by atomic mass is 35.5. The summed E-state index contributed by atoms with van der Waals surface area (Å²) in [5.74, 6) is -1.44. The summed E-state index contributed by atoms with van der Waals surface area (Å²) in [5.41, 5.74) is 1.69. The molecule has 1 aromatic carbocycles. The summed E-state index contributed by atoms with van der Waals surface area (Å²) in [6, 6.07) is 3.77. The predicted molar refractivity (Wildman–Crippen MR) is 82.0 cm³/mol. The summed E-state index contributed by atoms with van der Waals surface area (Å²) in [7, 11) is 0. The van der Waals surface area contributed by atoms with Crippen molar-refractivity contribution < 1.29 is 14.8 Å². The van der Waals surface area contributed by atoms with Gasteiger partial charge in [0.15, 0.2) is 0 Å². The second-order valence-electron chi connectivity index (χ2n) is 5.49. The first-order valence-corrected chi connectivity index (χ1v) is 7.29. The van der Waals surface area contributed by atoms with Crippen LogP contribution in [0.15, 0.2) is 24.5 Å². The van der Waals surface area contributed by atoms with Crippen LogP contribution in [0.3, 0.4) is 0 Å². The molecular formula is C15H12ClN3O4. The number of hydrogen-bond acceptors (Lipinski definition) is 5. The molecular weight excluding hydrogens is 322 g/mol. The number of nitro groups is 1. The monoisotopic (exact) mass is 333 g/mol. The molecule has 0 radical (unpaired) electrons. The highest BCUT2D eigenvalue weighted by molar-refractivity contribution is 6.30. The zero-order chi connectivity index (χ0) is 16.7. The number of nitro benzene ring substituents is 1. The lowest BCUT2D eigenvalue weighted by molar-refractivity contribution is -0.384. The van der Waals surface area contributed by atoms with Gasteiger partial charge in [-0.15, -0.1) is 0 Å². The molecule has 1 aliphatic carbocycles. The Labute approximate surface area is 136 Å². The molecule has 0 aliphatic heterocycles. The SMILES string of the molecule is C[C@@H]1C[C@H](c2cc([N+](=O)[O-])ccc2C(=O)O)c2ncnc(Cl)c21. The summed E-state index contributed by atoms with van der Waals surface area (Å²) in [6.07, 6.45) is 1.90. The Balaban J connectivity index is 2.20. The van der Waals surface area contributed by atoms with Gasteiger partial charge in [-0.1, -0.05) is 18.5 Å². The van der Waals surface area contributed by atoms with Crippen LogP contribution in [-0.2, 0) is 0 Å². The molecule has 0 unspecified atom stereocenters. The van der Waals surface area contributed by atoms with Crippen molar-refractivity contribution in [2.75, 3.05) is 0 Å². The van der Waals surface area contributed by atoms with Gasteiger partial charge >= 0.3 is 5.97 Å². The highest BCUT2D eigenvalue weighted by Crippen LogP contribution is 2.47. The fourth-order valence-electron chi connectivity index (χ4n) is 3.12. The molecule has 23 heavy (non-hydrogen) atoms. The number of carbonyl (C=O) groups is 1. The summed E-state index contributed by atoms with van der Waals surface area (Å²) >= 11 is 6.13. The fraction of sp³-hybridized carbons (Fsp3) is 0.267. The van der Waals surface area contributed by atoms with E-state index in [1.807, 2.05) is 6.92 Å². The van der Waals surface area contributed by atoms with Gasteiger partial charge in [0.1, 0.15) is 11.5 Å². The molecule has 0 fully saturated rings. The van der Waals surface area contributed by atoms with Gasteiger partial charge in [0, 0.05) is 23.6 Å². The molecule has 1 heterocycles. The zero-order valence-electron chi connectivity index (χ0n) is 12.1. The minimum Gasteiger partial charge on any atom is -0.478 e. The van der Waals surface area contributed by atoms with E-state index in [1.54, 1.807) is 0 Å². The third-order valence-electron chi connectivity index (χ3n) is 4.13. The highest BCUT2D eigenvalue weighted by Gasteiger charge is 2.35. The van der Waals surface area contributed by atoms with Gasteiger partial charge in [0.25, 0.3) is 5.69 Å². The molecule has 0 saturated heterocycles. The second kappa shape index (κ2) is 5.58. The first-order chi connectivity index (χ1) is 10.9. The van der Waals surface area contributed by atoms with Crippen LogP contribution < -0.4 is 0 Å². The molecule has 8 heteroatoms. The fourth-order valence-corrected chi connectivity index (χ4v) is 3.45. The molecule has 0 amide bonds. The molecule has 7 nitrogen and oxygen atoms in total. The van der Waals surface area contributed by atoms with E-state index in [0.29, 0.717) is 22.8 Å². The number of benzene rings is 1. The quantitative estimate of drug-likeness (QED) is 0.524. The van der Waals surface area contributed by atoms with Crippen molar-refractivity contribution in [1.82, 2.24) is 9.97 Å². The van der Waals surface area contributed by atoms with E-state index in [2.05, 4.69) is 9.97 Å². The van der Waals surface area contributed by atoms with Gasteiger partial charge in [0.05, 0.1) is 16.2 Å². The van der Waals surface area contributed by atoms with Crippen molar-refractivity contribution in [2.24, 2.45) is 0 Å². The number of halogens is 1. The number of hydrogen-bond donors (Lipinski definition) is 1. The van der Waals surface area contributed by atoms with Crippen LogP contribution in [0.4, 0.5) is 5.69 Å². The summed E-state index contributed by atoms with van der Waals surface area (Å²) < 4.78 is 0. The van der Waals surface area contributed by atoms with Gasteiger partial charge < -0.3 is 5.11 Å². The Morgan fingerprint density at radius 1 is 1.43 bits per heavy atom. The van der Waals surface area contributed by atoms with Crippen molar-refractivity contribution in [3.05, 3.63) is 62.2 Å². The lowest BCUT2D eigenvalue weighted by Crippen LogP contribution is -2.09. The Hall–Kier alpha value is -2.54. The van der Waals surface area contributed by atoms with Crippen LogP contribution in [0.25, 0.3) is 0 Å². The van der Waals surface area contributed by atoms with Gasteiger partial charge in [-0.2, -0.15) is 0 Å². The average molecular weight is 334 g/mol. The number of aromatic nitrogens is 2. The molecule has 0 bridgehead atoms. The predicted octanol–water partition coefficient (Wildman–Crippen LogP) is 3.38. The van der Waals surface area contributed by atoms with Crippen LogP contribution in [0.5, 0.6) is 0 Å². The van der Waals surface area contributed by atoms with Gasteiger partial charge in [-0.3, -0.25) is 10.1 Å². The van der Waals surface area contributed by atoms with Crippen LogP contribution in [0.2, 0.25) is 5.15 Å². The van der Waals surface area contributed by atoms with Crippen molar-refractivity contribution in [1.29, 1.82) is 0 Å². The Bertz CT molecular complexity index is 824. The molecule has 0 spiro atoms.